The van der Waals surface area contributed by atoms with Crippen molar-refractivity contribution in [2.24, 2.45) is 0 Å². The van der Waals surface area contributed by atoms with Gasteiger partial charge in [0, 0.05) is 16.9 Å². The van der Waals surface area contributed by atoms with Crippen molar-refractivity contribution in [1.29, 1.82) is 0 Å². The van der Waals surface area contributed by atoms with Gasteiger partial charge < -0.3 is 16.6 Å². The van der Waals surface area contributed by atoms with E-state index in [0.29, 0.717) is 11.4 Å². The average Bonchev–Trinajstić information content (AvgIpc) is 2.23. The number of hydrogen-bond acceptors (Lipinski definition) is 3. The van der Waals surface area contributed by atoms with Crippen molar-refractivity contribution >= 4 is 36.2 Å². The molecule has 2 rings (SSSR count). The molecular formula is C12H14Cl2N2O. The fourth-order valence-corrected chi connectivity index (χ4v) is 1.46. The molecule has 2 aromatic carbocycles. The quantitative estimate of drug-likeness (QED) is 0.699. The van der Waals surface area contributed by atoms with E-state index < -0.39 is 0 Å². The standard InChI is InChI=1S/C12H12N2O.2ClH/c13-9-3-6-12(14)11(7-9)8-1-4-10(15)5-2-8;;/h1-7,15H,13-14H2;2*1H. The molecule has 0 spiro atoms. The lowest BCUT2D eigenvalue weighted by Crippen LogP contribution is -1.92. The van der Waals surface area contributed by atoms with Crippen molar-refractivity contribution in [3.05, 3.63) is 42.5 Å². The number of hydrogen-bond donors (Lipinski definition) is 3. The van der Waals surface area contributed by atoms with Crippen LogP contribution in [0.5, 0.6) is 5.75 Å². The van der Waals surface area contributed by atoms with Gasteiger partial charge in [-0.05, 0) is 35.9 Å². The van der Waals surface area contributed by atoms with Crippen LogP contribution in [-0.4, -0.2) is 5.11 Å². The molecule has 0 heterocycles. The second-order valence-electron chi connectivity index (χ2n) is 3.39. The van der Waals surface area contributed by atoms with Crippen LogP contribution < -0.4 is 11.5 Å². The first-order chi connectivity index (χ1) is 7.16. The Bertz CT molecular complexity index is 486. The number of nitrogens with two attached hydrogens (primary N) is 2. The lowest BCUT2D eigenvalue weighted by atomic mass is 10.0. The Hall–Kier alpha value is -1.58. The van der Waals surface area contributed by atoms with Gasteiger partial charge in [-0.25, -0.2) is 0 Å². The molecule has 0 fully saturated rings. The van der Waals surface area contributed by atoms with E-state index in [-0.39, 0.29) is 30.6 Å². The zero-order valence-corrected chi connectivity index (χ0v) is 10.6. The summed E-state index contributed by atoms with van der Waals surface area (Å²) in [5.74, 6) is 0.237. The predicted molar refractivity (Wildman–Crippen MR) is 76.9 cm³/mol. The number of rotatable bonds is 1. The molecule has 0 saturated carbocycles. The zero-order valence-electron chi connectivity index (χ0n) is 8.96. The first-order valence-electron chi connectivity index (χ1n) is 4.61. The van der Waals surface area contributed by atoms with Crippen LogP contribution in [0.2, 0.25) is 0 Å². The summed E-state index contributed by atoms with van der Waals surface area (Å²) in [6.45, 7) is 0. The van der Waals surface area contributed by atoms with Gasteiger partial charge >= 0.3 is 0 Å². The summed E-state index contributed by atoms with van der Waals surface area (Å²) < 4.78 is 0. The first kappa shape index (κ1) is 15.4. The maximum absolute atomic E-state index is 9.17. The van der Waals surface area contributed by atoms with Gasteiger partial charge in [-0.15, -0.1) is 24.8 Å². The third-order valence-corrected chi connectivity index (χ3v) is 2.26. The minimum absolute atomic E-state index is 0. The Morgan fingerprint density at radius 1 is 0.824 bits per heavy atom. The summed E-state index contributed by atoms with van der Waals surface area (Å²) in [5, 5.41) is 9.17. The molecule has 5 heteroatoms. The molecule has 0 unspecified atom stereocenters. The van der Waals surface area contributed by atoms with Crippen molar-refractivity contribution in [2.75, 3.05) is 11.5 Å². The molecular weight excluding hydrogens is 259 g/mol. The van der Waals surface area contributed by atoms with E-state index in [1.807, 2.05) is 6.07 Å². The fraction of sp³-hybridized carbons (Fsp3) is 0. The Labute approximate surface area is 112 Å². The molecule has 0 radical (unpaired) electrons. The summed E-state index contributed by atoms with van der Waals surface area (Å²) in [6, 6.07) is 12.2. The summed E-state index contributed by atoms with van der Waals surface area (Å²) >= 11 is 0. The molecule has 0 atom stereocenters. The molecule has 0 bridgehead atoms. The van der Waals surface area contributed by atoms with Crippen molar-refractivity contribution in [2.45, 2.75) is 0 Å². The maximum Gasteiger partial charge on any atom is 0.115 e. The number of aromatic hydroxyl groups is 1. The molecule has 2 aromatic rings. The van der Waals surface area contributed by atoms with Gasteiger partial charge in [0.25, 0.3) is 0 Å². The Morgan fingerprint density at radius 3 is 2.00 bits per heavy atom. The van der Waals surface area contributed by atoms with Crippen LogP contribution in [-0.2, 0) is 0 Å². The van der Waals surface area contributed by atoms with Gasteiger partial charge in [0.05, 0.1) is 0 Å². The highest BCUT2D eigenvalue weighted by Crippen LogP contribution is 2.28. The van der Waals surface area contributed by atoms with E-state index >= 15 is 0 Å². The summed E-state index contributed by atoms with van der Waals surface area (Å²) in [5.41, 5.74) is 14.7. The van der Waals surface area contributed by atoms with E-state index in [1.54, 1.807) is 36.4 Å². The molecule has 0 saturated heterocycles. The molecule has 0 aliphatic rings. The number of halogens is 2. The number of nitrogen functional groups attached to an aromatic ring is 2. The maximum atomic E-state index is 9.17. The normalized spacial score (nSPS) is 8.94. The van der Waals surface area contributed by atoms with Crippen molar-refractivity contribution in [1.82, 2.24) is 0 Å². The fourth-order valence-electron chi connectivity index (χ4n) is 1.46. The molecule has 17 heavy (non-hydrogen) atoms. The van der Waals surface area contributed by atoms with Crippen LogP contribution in [0.1, 0.15) is 0 Å². The highest BCUT2D eigenvalue weighted by Gasteiger charge is 2.02. The van der Waals surface area contributed by atoms with E-state index in [2.05, 4.69) is 0 Å². The zero-order chi connectivity index (χ0) is 10.8. The van der Waals surface area contributed by atoms with Crippen LogP contribution in [0.3, 0.4) is 0 Å². The van der Waals surface area contributed by atoms with Crippen molar-refractivity contribution in [3.8, 4) is 16.9 Å². The van der Waals surface area contributed by atoms with E-state index in [9.17, 15) is 5.11 Å². The molecule has 92 valence electrons. The summed E-state index contributed by atoms with van der Waals surface area (Å²) in [4.78, 5) is 0. The monoisotopic (exact) mass is 272 g/mol. The second-order valence-corrected chi connectivity index (χ2v) is 3.39. The van der Waals surface area contributed by atoms with E-state index in [0.717, 1.165) is 11.1 Å². The van der Waals surface area contributed by atoms with Crippen molar-refractivity contribution in [3.63, 3.8) is 0 Å². The van der Waals surface area contributed by atoms with Crippen LogP contribution in [0.25, 0.3) is 11.1 Å². The summed E-state index contributed by atoms with van der Waals surface area (Å²) in [6.07, 6.45) is 0. The Kier molecular flexibility index (Phi) is 5.65. The number of benzene rings is 2. The predicted octanol–water partition coefficient (Wildman–Crippen LogP) is 3.07. The molecule has 0 aliphatic carbocycles. The number of phenolic OH excluding ortho intramolecular Hbond substituents is 1. The molecule has 3 nitrogen and oxygen atoms in total. The number of anilines is 2. The topological polar surface area (TPSA) is 72.3 Å². The largest absolute Gasteiger partial charge is 0.508 e. The Balaban J connectivity index is 0.00000128. The van der Waals surface area contributed by atoms with Crippen LogP contribution >= 0.6 is 24.8 Å². The highest BCUT2D eigenvalue weighted by molar-refractivity contribution is 5.85. The van der Waals surface area contributed by atoms with Crippen LogP contribution in [0.15, 0.2) is 42.5 Å². The van der Waals surface area contributed by atoms with Crippen molar-refractivity contribution < 1.29 is 5.11 Å². The van der Waals surface area contributed by atoms with E-state index in [1.165, 1.54) is 0 Å². The molecule has 0 amide bonds. The van der Waals surface area contributed by atoms with Gasteiger partial charge in [-0.1, -0.05) is 12.1 Å². The number of phenols is 1. The minimum Gasteiger partial charge on any atom is -0.508 e. The highest BCUT2D eigenvalue weighted by atomic mass is 35.5. The van der Waals surface area contributed by atoms with Gasteiger partial charge in [0.15, 0.2) is 0 Å². The molecule has 0 aliphatic heterocycles. The third-order valence-electron chi connectivity index (χ3n) is 2.26. The summed E-state index contributed by atoms with van der Waals surface area (Å²) in [7, 11) is 0. The van der Waals surface area contributed by atoms with Gasteiger partial charge in [0.1, 0.15) is 5.75 Å². The van der Waals surface area contributed by atoms with Gasteiger partial charge in [0.2, 0.25) is 0 Å². The molecule has 5 N–H and O–H groups in total. The molecule has 0 aromatic heterocycles. The minimum atomic E-state index is 0. The average molecular weight is 273 g/mol. The van der Waals surface area contributed by atoms with Gasteiger partial charge in [-0.2, -0.15) is 0 Å². The lowest BCUT2D eigenvalue weighted by Gasteiger charge is -2.06. The first-order valence-corrected chi connectivity index (χ1v) is 4.61. The van der Waals surface area contributed by atoms with Gasteiger partial charge in [-0.3, -0.25) is 0 Å². The third kappa shape index (κ3) is 3.44. The lowest BCUT2D eigenvalue weighted by molar-refractivity contribution is 0.475. The van der Waals surface area contributed by atoms with Crippen LogP contribution in [0.4, 0.5) is 11.4 Å². The SMILES string of the molecule is Cl.Cl.Nc1ccc(N)c(-c2ccc(O)cc2)c1. The smallest absolute Gasteiger partial charge is 0.115 e. The van der Waals surface area contributed by atoms with E-state index in [4.69, 9.17) is 11.5 Å². The van der Waals surface area contributed by atoms with Crippen LogP contribution in [0, 0.1) is 0 Å². The second kappa shape index (κ2) is 6.23. The Morgan fingerprint density at radius 2 is 1.41 bits per heavy atom.